The fraction of sp³-hybridized carbons (Fsp3) is 0.455. The molecule has 0 spiro atoms. The molecule has 0 N–H and O–H groups in total. The molecule has 0 unspecified atom stereocenters. The minimum atomic E-state index is -0.634. The second kappa shape index (κ2) is 3.90. The zero-order chi connectivity index (χ0) is 9.90. The Hall–Kier alpha value is -0.860. The molecule has 0 fully saturated rings. The van der Waals surface area contributed by atoms with E-state index in [9.17, 15) is 0 Å². The van der Waals surface area contributed by atoms with Gasteiger partial charge >= 0.3 is 0 Å². The smallest absolute Gasteiger partial charge is 0.191 e. The summed E-state index contributed by atoms with van der Waals surface area (Å²) in [5.41, 5.74) is 2.24. The summed E-state index contributed by atoms with van der Waals surface area (Å²) in [5, 5.41) is 0. The van der Waals surface area contributed by atoms with E-state index in [1.807, 2.05) is 38.1 Å². The molecule has 2 nitrogen and oxygen atoms in total. The third-order valence-corrected chi connectivity index (χ3v) is 2.41. The van der Waals surface area contributed by atoms with Gasteiger partial charge < -0.3 is 9.47 Å². The van der Waals surface area contributed by atoms with Crippen molar-refractivity contribution in [3.05, 3.63) is 35.4 Å². The van der Waals surface area contributed by atoms with Crippen LogP contribution in [-0.4, -0.2) is 14.2 Å². The standard InChI is InChI=1S/C11H16O2/c1-9-7-5-6-8-10(9)11(2,12-3)13-4/h5-8H,1-4H3. The predicted octanol–water partition coefficient (Wildman–Crippen LogP) is 2.46. The molecule has 1 aromatic carbocycles. The normalized spacial score (nSPS) is 11.7. The van der Waals surface area contributed by atoms with E-state index in [2.05, 4.69) is 0 Å². The minimum absolute atomic E-state index is 0.634. The zero-order valence-electron chi connectivity index (χ0n) is 8.63. The number of hydrogen-bond acceptors (Lipinski definition) is 2. The molecular formula is C11H16O2. The second-order valence-corrected chi connectivity index (χ2v) is 3.17. The molecule has 13 heavy (non-hydrogen) atoms. The first kappa shape index (κ1) is 10.2. The first-order valence-corrected chi connectivity index (χ1v) is 4.30. The third kappa shape index (κ3) is 1.90. The zero-order valence-corrected chi connectivity index (χ0v) is 8.63. The molecule has 0 saturated heterocycles. The van der Waals surface area contributed by atoms with Crippen molar-refractivity contribution in [1.82, 2.24) is 0 Å². The van der Waals surface area contributed by atoms with Gasteiger partial charge in [0, 0.05) is 19.8 Å². The van der Waals surface area contributed by atoms with Gasteiger partial charge in [0.25, 0.3) is 0 Å². The van der Waals surface area contributed by atoms with Gasteiger partial charge in [0.2, 0.25) is 0 Å². The summed E-state index contributed by atoms with van der Waals surface area (Å²) < 4.78 is 10.7. The minimum Gasteiger partial charge on any atom is -0.349 e. The van der Waals surface area contributed by atoms with Crippen molar-refractivity contribution in [3.8, 4) is 0 Å². The number of hydrogen-bond donors (Lipinski definition) is 0. The maximum Gasteiger partial charge on any atom is 0.191 e. The molecule has 0 aromatic heterocycles. The maximum absolute atomic E-state index is 5.33. The molecule has 0 heterocycles. The van der Waals surface area contributed by atoms with Crippen molar-refractivity contribution >= 4 is 0 Å². The van der Waals surface area contributed by atoms with Crippen LogP contribution >= 0.6 is 0 Å². The van der Waals surface area contributed by atoms with Crippen LogP contribution in [0, 0.1) is 6.92 Å². The van der Waals surface area contributed by atoms with Gasteiger partial charge in [0.1, 0.15) is 0 Å². The average molecular weight is 180 g/mol. The summed E-state index contributed by atoms with van der Waals surface area (Å²) >= 11 is 0. The van der Waals surface area contributed by atoms with Crippen LogP contribution in [0.5, 0.6) is 0 Å². The van der Waals surface area contributed by atoms with Crippen LogP contribution in [0.4, 0.5) is 0 Å². The predicted molar refractivity (Wildman–Crippen MR) is 52.5 cm³/mol. The van der Waals surface area contributed by atoms with Crippen LogP contribution in [0.2, 0.25) is 0 Å². The Bertz CT molecular complexity index is 277. The summed E-state index contributed by atoms with van der Waals surface area (Å²) in [7, 11) is 3.30. The Balaban J connectivity index is 3.12. The monoisotopic (exact) mass is 180 g/mol. The van der Waals surface area contributed by atoms with Gasteiger partial charge in [-0.2, -0.15) is 0 Å². The summed E-state index contributed by atoms with van der Waals surface area (Å²) in [6.45, 7) is 3.96. The van der Waals surface area contributed by atoms with Crippen molar-refractivity contribution in [2.24, 2.45) is 0 Å². The molecule has 0 radical (unpaired) electrons. The van der Waals surface area contributed by atoms with Crippen LogP contribution in [0.3, 0.4) is 0 Å². The van der Waals surface area contributed by atoms with Gasteiger partial charge in [0.15, 0.2) is 5.79 Å². The molecule has 0 atom stereocenters. The van der Waals surface area contributed by atoms with Gasteiger partial charge in [-0.25, -0.2) is 0 Å². The van der Waals surface area contributed by atoms with E-state index in [0.29, 0.717) is 0 Å². The van der Waals surface area contributed by atoms with Gasteiger partial charge in [-0.3, -0.25) is 0 Å². The lowest BCUT2D eigenvalue weighted by Crippen LogP contribution is -2.27. The van der Waals surface area contributed by atoms with E-state index < -0.39 is 5.79 Å². The lowest BCUT2D eigenvalue weighted by Gasteiger charge is -2.28. The fourth-order valence-corrected chi connectivity index (χ4v) is 1.39. The highest BCUT2D eigenvalue weighted by atomic mass is 16.7. The Morgan fingerprint density at radius 3 is 2.08 bits per heavy atom. The first-order valence-electron chi connectivity index (χ1n) is 4.30. The van der Waals surface area contributed by atoms with Crippen LogP contribution in [0.1, 0.15) is 18.1 Å². The molecule has 1 aromatic rings. The Morgan fingerprint density at radius 2 is 1.62 bits per heavy atom. The molecule has 0 saturated carbocycles. The van der Waals surface area contributed by atoms with Crippen molar-refractivity contribution in [3.63, 3.8) is 0 Å². The molecule has 2 heteroatoms. The topological polar surface area (TPSA) is 18.5 Å². The Labute approximate surface area is 79.5 Å². The van der Waals surface area contributed by atoms with Crippen molar-refractivity contribution in [2.75, 3.05) is 14.2 Å². The number of rotatable bonds is 3. The van der Waals surface area contributed by atoms with Crippen molar-refractivity contribution < 1.29 is 9.47 Å². The van der Waals surface area contributed by atoms with E-state index in [0.717, 1.165) is 5.56 Å². The van der Waals surface area contributed by atoms with Crippen LogP contribution in [0.25, 0.3) is 0 Å². The highest BCUT2D eigenvalue weighted by Crippen LogP contribution is 2.27. The van der Waals surface area contributed by atoms with Crippen LogP contribution in [0.15, 0.2) is 24.3 Å². The lowest BCUT2D eigenvalue weighted by molar-refractivity contribution is -0.202. The van der Waals surface area contributed by atoms with Crippen molar-refractivity contribution in [2.45, 2.75) is 19.6 Å². The SMILES string of the molecule is COC(C)(OC)c1ccccc1C. The summed E-state index contributed by atoms with van der Waals surface area (Å²) in [6, 6.07) is 8.05. The van der Waals surface area contributed by atoms with E-state index in [1.54, 1.807) is 14.2 Å². The van der Waals surface area contributed by atoms with Crippen LogP contribution < -0.4 is 0 Å². The fourth-order valence-electron chi connectivity index (χ4n) is 1.39. The average Bonchev–Trinajstić information content (AvgIpc) is 2.17. The Morgan fingerprint density at radius 1 is 1.08 bits per heavy atom. The summed E-state index contributed by atoms with van der Waals surface area (Å²) in [4.78, 5) is 0. The van der Waals surface area contributed by atoms with Crippen molar-refractivity contribution in [1.29, 1.82) is 0 Å². The summed E-state index contributed by atoms with van der Waals surface area (Å²) in [5.74, 6) is -0.634. The number of ether oxygens (including phenoxy) is 2. The molecule has 0 aliphatic carbocycles. The molecule has 1 rings (SSSR count). The molecule has 0 amide bonds. The van der Waals surface area contributed by atoms with Gasteiger partial charge in [0.05, 0.1) is 0 Å². The molecule has 0 aliphatic rings. The molecule has 0 aliphatic heterocycles. The van der Waals surface area contributed by atoms with E-state index in [-0.39, 0.29) is 0 Å². The van der Waals surface area contributed by atoms with Gasteiger partial charge in [-0.1, -0.05) is 24.3 Å². The highest BCUT2D eigenvalue weighted by molar-refractivity contribution is 5.29. The van der Waals surface area contributed by atoms with E-state index >= 15 is 0 Å². The second-order valence-electron chi connectivity index (χ2n) is 3.17. The molecular weight excluding hydrogens is 164 g/mol. The first-order chi connectivity index (χ1) is 6.14. The summed E-state index contributed by atoms with van der Waals surface area (Å²) in [6.07, 6.45) is 0. The number of methoxy groups -OCH3 is 2. The molecule has 72 valence electrons. The van der Waals surface area contributed by atoms with E-state index in [4.69, 9.17) is 9.47 Å². The maximum atomic E-state index is 5.33. The van der Waals surface area contributed by atoms with E-state index in [1.165, 1.54) is 5.56 Å². The number of aryl methyl sites for hydroxylation is 1. The quantitative estimate of drug-likeness (QED) is 0.665. The largest absolute Gasteiger partial charge is 0.349 e. The number of benzene rings is 1. The van der Waals surface area contributed by atoms with Gasteiger partial charge in [-0.15, -0.1) is 0 Å². The lowest BCUT2D eigenvalue weighted by atomic mass is 10.0. The highest BCUT2D eigenvalue weighted by Gasteiger charge is 2.26. The molecule has 0 bridgehead atoms. The third-order valence-electron chi connectivity index (χ3n) is 2.41. The van der Waals surface area contributed by atoms with Gasteiger partial charge in [-0.05, 0) is 19.4 Å². The van der Waals surface area contributed by atoms with Crippen LogP contribution in [-0.2, 0) is 15.3 Å². The Kier molecular flexibility index (Phi) is 3.07.